The van der Waals surface area contributed by atoms with Gasteiger partial charge in [0, 0.05) is 20.0 Å². The van der Waals surface area contributed by atoms with E-state index >= 15 is 0 Å². The lowest BCUT2D eigenvalue weighted by molar-refractivity contribution is 0.547. The highest BCUT2D eigenvalue weighted by molar-refractivity contribution is 9.11. The summed E-state index contributed by atoms with van der Waals surface area (Å²) in [6.45, 7) is 5.16. The third kappa shape index (κ3) is 4.56. The van der Waals surface area contributed by atoms with Crippen LogP contribution in [-0.4, -0.2) is 6.54 Å². The Kier molecular flexibility index (Phi) is 6.30. The second-order valence-electron chi connectivity index (χ2n) is 5.06. The molecule has 21 heavy (non-hydrogen) atoms. The normalized spacial score (nSPS) is 12.4. The minimum absolute atomic E-state index is 0.266. The van der Waals surface area contributed by atoms with Crippen molar-refractivity contribution < 1.29 is 0 Å². The highest BCUT2D eigenvalue weighted by atomic mass is 79.9. The molecule has 1 nitrogen and oxygen atoms in total. The summed E-state index contributed by atoms with van der Waals surface area (Å²) in [4.78, 5) is 0. The topological polar surface area (TPSA) is 12.0 Å². The molecular formula is C17H18Br2ClN. The molecule has 1 atom stereocenters. The fraction of sp³-hybridized carbons (Fsp3) is 0.294. The monoisotopic (exact) mass is 429 g/mol. The van der Waals surface area contributed by atoms with Crippen molar-refractivity contribution in [3.05, 3.63) is 67.1 Å². The number of rotatable bonds is 5. The van der Waals surface area contributed by atoms with Gasteiger partial charge in [-0.2, -0.15) is 0 Å². The zero-order valence-corrected chi connectivity index (χ0v) is 16.0. The van der Waals surface area contributed by atoms with Crippen LogP contribution in [0.5, 0.6) is 0 Å². The first-order chi connectivity index (χ1) is 10.0. The van der Waals surface area contributed by atoms with Crippen LogP contribution in [0.15, 0.2) is 45.3 Å². The average Bonchev–Trinajstić information content (AvgIpc) is 2.45. The molecule has 0 spiro atoms. The third-order valence-electron chi connectivity index (χ3n) is 3.46. The summed E-state index contributed by atoms with van der Waals surface area (Å²) in [6, 6.07) is 12.7. The molecule has 0 heterocycles. The fourth-order valence-electron chi connectivity index (χ4n) is 2.32. The Morgan fingerprint density at radius 3 is 2.38 bits per heavy atom. The Bertz CT molecular complexity index is 611. The van der Waals surface area contributed by atoms with E-state index in [4.69, 9.17) is 11.6 Å². The smallest absolute Gasteiger partial charge is 0.0406 e. The van der Waals surface area contributed by atoms with Crippen LogP contribution in [0.4, 0.5) is 0 Å². The molecule has 2 aromatic rings. The Morgan fingerprint density at radius 2 is 1.76 bits per heavy atom. The molecule has 0 bridgehead atoms. The molecule has 0 radical (unpaired) electrons. The van der Waals surface area contributed by atoms with Crippen LogP contribution in [0.1, 0.15) is 29.7 Å². The first-order valence-corrected chi connectivity index (χ1v) is 8.91. The quantitative estimate of drug-likeness (QED) is 0.606. The molecule has 0 amide bonds. The van der Waals surface area contributed by atoms with Gasteiger partial charge in [-0.3, -0.25) is 0 Å². The number of hydrogen-bond acceptors (Lipinski definition) is 1. The van der Waals surface area contributed by atoms with Crippen molar-refractivity contribution in [1.82, 2.24) is 5.32 Å². The third-order valence-corrected chi connectivity index (χ3v) is 5.25. The Labute approximate surface area is 148 Å². The maximum absolute atomic E-state index is 5.96. The molecule has 0 saturated heterocycles. The summed E-state index contributed by atoms with van der Waals surface area (Å²) in [5, 5.41) is 4.34. The van der Waals surface area contributed by atoms with Gasteiger partial charge in [0.2, 0.25) is 0 Å². The summed E-state index contributed by atoms with van der Waals surface area (Å²) >= 11 is 13.3. The number of hydrogen-bond donors (Lipinski definition) is 1. The second kappa shape index (κ2) is 7.77. The predicted octanol–water partition coefficient (Wildman–Crippen LogP) is 6.07. The van der Waals surface area contributed by atoms with Crippen molar-refractivity contribution >= 4 is 43.5 Å². The minimum Gasteiger partial charge on any atom is -0.310 e. The number of aryl methyl sites for hydroxylation is 1. The molecule has 2 aromatic carbocycles. The second-order valence-corrected chi connectivity index (χ2v) is 7.21. The van der Waals surface area contributed by atoms with Gasteiger partial charge in [0.15, 0.2) is 0 Å². The van der Waals surface area contributed by atoms with Gasteiger partial charge >= 0.3 is 0 Å². The Hall–Kier alpha value is -0.350. The van der Waals surface area contributed by atoms with Crippen LogP contribution in [0.2, 0.25) is 5.02 Å². The highest BCUT2D eigenvalue weighted by Crippen LogP contribution is 2.31. The van der Waals surface area contributed by atoms with E-state index in [2.05, 4.69) is 75.3 Å². The first kappa shape index (κ1) is 17.0. The van der Waals surface area contributed by atoms with Crippen LogP contribution >= 0.6 is 43.5 Å². The highest BCUT2D eigenvalue weighted by Gasteiger charge is 2.15. The molecule has 1 unspecified atom stereocenters. The summed E-state index contributed by atoms with van der Waals surface area (Å²) in [6.07, 6.45) is 0.930. The Morgan fingerprint density at radius 1 is 1.10 bits per heavy atom. The van der Waals surface area contributed by atoms with Crippen molar-refractivity contribution in [2.75, 3.05) is 6.54 Å². The number of likely N-dealkylation sites (N-methyl/N-ethyl adjacent to an activating group) is 1. The van der Waals surface area contributed by atoms with Crippen molar-refractivity contribution in [1.29, 1.82) is 0 Å². The van der Waals surface area contributed by atoms with Crippen LogP contribution in [0.3, 0.4) is 0 Å². The Balaban J connectivity index is 2.30. The van der Waals surface area contributed by atoms with E-state index in [0.29, 0.717) is 0 Å². The van der Waals surface area contributed by atoms with Gasteiger partial charge in [-0.15, -0.1) is 0 Å². The molecule has 0 fully saturated rings. The standard InChI is InChI=1S/C17H18Br2ClN/c1-3-21-17(9-12-4-6-13(20)7-5-12)14-10-15(18)11(2)8-16(14)19/h4-8,10,17,21H,3,9H2,1-2H3. The molecule has 0 aliphatic heterocycles. The molecule has 0 aliphatic rings. The van der Waals surface area contributed by atoms with Gasteiger partial charge in [0.05, 0.1) is 0 Å². The summed E-state index contributed by atoms with van der Waals surface area (Å²) in [5.74, 6) is 0. The first-order valence-electron chi connectivity index (χ1n) is 6.94. The summed E-state index contributed by atoms with van der Waals surface area (Å²) < 4.78 is 2.28. The van der Waals surface area contributed by atoms with Crippen molar-refractivity contribution in [3.63, 3.8) is 0 Å². The van der Waals surface area contributed by atoms with Crippen LogP contribution in [0, 0.1) is 6.92 Å². The van der Waals surface area contributed by atoms with E-state index in [9.17, 15) is 0 Å². The maximum atomic E-state index is 5.96. The van der Waals surface area contributed by atoms with Gasteiger partial charge in [-0.25, -0.2) is 0 Å². The molecular weight excluding hydrogens is 413 g/mol. The molecule has 4 heteroatoms. The largest absolute Gasteiger partial charge is 0.310 e. The fourth-order valence-corrected chi connectivity index (χ4v) is 3.54. The van der Waals surface area contributed by atoms with Crippen molar-refractivity contribution in [3.8, 4) is 0 Å². The molecule has 0 saturated carbocycles. The van der Waals surface area contributed by atoms with Gasteiger partial charge in [-0.1, -0.05) is 62.5 Å². The molecule has 1 N–H and O–H groups in total. The molecule has 0 aromatic heterocycles. The SMILES string of the molecule is CCNC(Cc1ccc(Cl)cc1)c1cc(Br)c(C)cc1Br. The van der Waals surface area contributed by atoms with Gasteiger partial charge < -0.3 is 5.32 Å². The van der Waals surface area contributed by atoms with E-state index in [1.165, 1.54) is 16.7 Å². The average molecular weight is 432 g/mol. The maximum Gasteiger partial charge on any atom is 0.0406 e. The zero-order valence-electron chi connectivity index (χ0n) is 12.1. The zero-order chi connectivity index (χ0) is 15.4. The van der Waals surface area contributed by atoms with Gasteiger partial charge in [-0.05, 0) is 60.8 Å². The summed E-state index contributed by atoms with van der Waals surface area (Å²) in [7, 11) is 0. The van der Waals surface area contributed by atoms with E-state index < -0.39 is 0 Å². The van der Waals surface area contributed by atoms with Crippen LogP contribution in [0.25, 0.3) is 0 Å². The van der Waals surface area contributed by atoms with E-state index in [1.54, 1.807) is 0 Å². The van der Waals surface area contributed by atoms with Crippen LogP contribution in [-0.2, 0) is 6.42 Å². The summed E-state index contributed by atoms with van der Waals surface area (Å²) in [5.41, 5.74) is 3.77. The van der Waals surface area contributed by atoms with E-state index in [0.717, 1.165) is 26.9 Å². The lowest BCUT2D eigenvalue weighted by Gasteiger charge is -2.21. The number of halogens is 3. The van der Waals surface area contributed by atoms with E-state index in [1.807, 2.05) is 12.1 Å². The number of nitrogens with one attached hydrogen (secondary N) is 1. The molecule has 0 aliphatic carbocycles. The lowest BCUT2D eigenvalue weighted by atomic mass is 9.98. The van der Waals surface area contributed by atoms with E-state index in [-0.39, 0.29) is 6.04 Å². The number of benzene rings is 2. The van der Waals surface area contributed by atoms with Crippen molar-refractivity contribution in [2.24, 2.45) is 0 Å². The van der Waals surface area contributed by atoms with Crippen LogP contribution < -0.4 is 5.32 Å². The molecule has 2 rings (SSSR count). The van der Waals surface area contributed by atoms with Crippen molar-refractivity contribution in [2.45, 2.75) is 26.3 Å². The van der Waals surface area contributed by atoms with Gasteiger partial charge in [0.25, 0.3) is 0 Å². The lowest BCUT2D eigenvalue weighted by Crippen LogP contribution is -2.23. The molecule has 112 valence electrons. The predicted molar refractivity (Wildman–Crippen MR) is 98.2 cm³/mol. The van der Waals surface area contributed by atoms with Gasteiger partial charge in [0.1, 0.15) is 0 Å². The minimum atomic E-state index is 0.266.